The summed E-state index contributed by atoms with van der Waals surface area (Å²) in [5.41, 5.74) is 5.66. The fourth-order valence-electron chi connectivity index (χ4n) is 1.27. The third kappa shape index (κ3) is 4.41. The standard InChI is InChI=1S/C10H22N2O/c1-4-6-7-12-10(5-2,8-11)9-13-3/h4,12H,1,5-9,11H2,2-3H3. The van der Waals surface area contributed by atoms with E-state index in [4.69, 9.17) is 10.5 Å². The van der Waals surface area contributed by atoms with E-state index in [-0.39, 0.29) is 5.54 Å². The number of hydrogen-bond acceptors (Lipinski definition) is 3. The minimum atomic E-state index is -0.0578. The predicted octanol–water partition coefficient (Wildman–Crippen LogP) is 0.906. The van der Waals surface area contributed by atoms with Gasteiger partial charge in [-0.15, -0.1) is 6.58 Å². The molecular formula is C10H22N2O. The average molecular weight is 186 g/mol. The number of hydrogen-bond donors (Lipinski definition) is 2. The Balaban J connectivity index is 3.96. The lowest BCUT2D eigenvalue weighted by Gasteiger charge is -2.31. The smallest absolute Gasteiger partial charge is 0.0656 e. The SMILES string of the molecule is C=CCCNC(CC)(CN)COC. The van der Waals surface area contributed by atoms with Crippen molar-refractivity contribution in [3.05, 3.63) is 12.7 Å². The van der Waals surface area contributed by atoms with Crippen LogP contribution in [0.15, 0.2) is 12.7 Å². The fourth-order valence-corrected chi connectivity index (χ4v) is 1.27. The van der Waals surface area contributed by atoms with Gasteiger partial charge >= 0.3 is 0 Å². The summed E-state index contributed by atoms with van der Waals surface area (Å²) in [6.07, 6.45) is 3.84. The molecule has 0 saturated carbocycles. The molecule has 1 atom stereocenters. The highest BCUT2D eigenvalue weighted by molar-refractivity contribution is 4.88. The lowest BCUT2D eigenvalue weighted by atomic mass is 9.97. The molecule has 0 bridgehead atoms. The molecule has 3 heteroatoms. The van der Waals surface area contributed by atoms with Gasteiger partial charge in [0.25, 0.3) is 0 Å². The zero-order valence-corrected chi connectivity index (χ0v) is 8.81. The van der Waals surface area contributed by atoms with Crippen LogP contribution in [-0.4, -0.2) is 32.3 Å². The highest BCUT2D eigenvalue weighted by atomic mass is 16.5. The lowest BCUT2D eigenvalue weighted by molar-refractivity contribution is 0.110. The third-order valence-electron chi connectivity index (χ3n) is 2.34. The number of rotatable bonds is 8. The number of ether oxygens (including phenoxy) is 1. The molecule has 0 aromatic heterocycles. The second kappa shape index (κ2) is 7.06. The molecule has 13 heavy (non-hydrogen) atoms. The van der Waals surface area contributed by atoms with Gasteiger partial charge in [-0.2, -0.15) is 0 Å². The van der Waals surface area contributed by atoms with E-state index in [0.717, 1.165) is 19.4 Å². The Morgan fingerprint density at radius 3 is 2.69 bits per heavy atom. The van der Waals surface area contributed by atoms with Crippen LogP contribution in [-0.2, 0) is 4.74 Å². The molecule has 0 aliphatic carbocycles. The zero-order chi connectivity index (χ0) is 10.2. The molecule has 0 rings (SSSR count). The molecular weight excluding hydrogens is 164 g/mol. The van der Waals surface area contributed by atoms with Crippen LogP contribution < -0.4 is 11.1 Å². The van der Waals surface area contributed by atoms with Gasteiger partial charge in [0, 0.05) is 13.7 Å². The summed E-state index contributed by atoms with van der Waals surface area (Å²) in [7, 11) is 1.70. The number of nitrogens with two attached hydrogens (primary N) is 1. The summed E-state index contributed by atoms with van der Waals surface area (Å²) >= 11 is 0. The van der Waals surface area contributed by atoms with E-state index in [1.807, 2.05) is 6.08 Å². The first-order valence-electron chi connectivity index (χ1n) is 4.79. The van der Waals surface area contributed by atoms with Crippen molar-refractivity contribution in [2.45, 2.75) is 25.3 Å². The van der Waals surface area contributed by atoms with Gasteiger partial charge in [0.2, 0.25) is 0 Å². The normalized spacial score (nSPS) is 15.3. The van der Waals surface area contributed by atoms with Crippen LogP contribution in [0.1, 0.15) is 19.8 Å². The van der Waals surface area contributed by atoms with Crippen molar-refractivity contribution in [3.8, 4) is 0 Å². The Morgan fingerprint density at radius 2 is 2.31 bits per heavy atom. The third-order valence-corrected chi connectivity index (χ3v) is 2.34. The van der Waals surface area contributed by atoms with Crippen LogP contribution in [0.5, 0.6) is 0 Å². The maximum Gasteiger partial charge on any atom is 0.0656 e. The quantitative estimate of drug-likeness (QED) is 0.437. The van der Waals surface area contributed by atoms with Crippen LogP contribution in [0.25, 0.3) is 0 Å². The summed E-state index contributed by atoms with van der Waals surface area (Å²) in [6.45, 7) is 7.98. The fraction of sp³-hybridized carbons (Fsp3) is 0.800. The highest BCUT2D eigenvalue weighted by Crippen LogP contribution is 2.08. The first-order valence-corrected chi connectivity index (χ1v) is 4.79. The molecule has 0 fully saturated rings. The van der Waals surface area contributed by atoms with E-state index >= 15 is 0 Å². The summed E-state index contributed by atoms with van der Waals surface area (Å²) < 4.78 is 5.15. The molecule has 78 valence electrons. The molecule has 0 radical (unpaired) electrons. The molecule has 0 aliphatic heterocycles. The summed E-state index contributed by atoms with van der Waals surface area (Å²) in [5.74, 6) is 0. The van der Waals surface area contributed by atoms with E-state index in [2.05, 4.69) is 18.8 Å². The molecule has 3 N–H and O–H groups in total. The van der Waals surface area contributed by atoms with Crippen LogP contribution in [0.2, 0.25) is 0 Å². The van der Waals surface area contributed by atoms with Crippen LogP contribution in [0, 0.1) is 0 Å². The van der Waals surface area contributed by atoms with Crippen LogP contribution in [0.3, 0.4) is 0 Å². The second-order valence-corrected chi connectivity index (χ2v) is 3.28. The van der Waals surface area contributed by atoms with E-state index < -0.39 is 0 Å². The molecule has 3 nitrogen and oxygen atoms in total. The highest BCUT2D eigenvalue weighted by Gasteiger charge is 2.24. The maximum atomic E-state index is 5.72. The van der Waals surface area contributed by atoms with Gasteiger partial charge < -0.3 is 15.8 Å². The number of methoxy groups -OCH3 is 1. The van der Waals surface area contributed by atoms with Gasteiger partial charge in [0.05, 0.1) is 12.1 Å². The predicted molar refractivity (Wildman–Crippen MR) is 56.8 cm³/mol. The van der Waals surface area contributed by atoms with E-state index in [9.17, 15) is 0 Å². The molecule has 0 heterocycles. The Hall–Kier alpha value is -0.380. The molecule has 0 aromatic carbocycles. The van der Waals surface area contributed by atoms with E-state index in [0.29, 0.717) is 13.2 Å². The van der Waals surface area contributed by atoms with Crippen molar-refractivity contribution in [1.82, 2.24) is 5.32 Å². The molecule has 0 aromatic rings. The van der Waals surface area contributed by atoms with Gasteiger partial charge in [-0.25, -0.2) is 0 Å². The summed E-state index contributed by atoms with van der Waals surface area (Å²) in [5, 5.41) is 3.41. The van der Waals surface area contributed by atoms with Gasteiger partial charge in [-0.05, 0) is 19.4 Å². The second-order valence-electron chi connectivity index (χ2n) is 3.28. The van der Waals surface area contributed by atoms with Crippen molar-refractivity contribution in [1.29, 1.82) is 0 Å². The Kier molecular flexibility index (Phi) is 6.86. The van der Waals surface area contributed by atoms with Gasteiger partial charge in [0.1, 0.15) is 0 Å². The van der Waals surface area contributed by atoms with Gasteiger partial charge in [-0.3, -0.25) is 0 Å². The van der Waals surface area contributed by atoms with Crippen molar-refractivity contribution >= 4 is 0 Å². The Morgan fingerprint density at radius 1 is 1.62 bits per heavy atom. The monoisotopic (exact) mass is 186 g/mol. The van der Waals surface area contributed by atoms with Gasteiger partial charge in [0.15, 0.2) is 0 Å². The molecule has 0 amide bonds. The van der Waals surface area contributed by atoms with E-state index in [1.165, 1.54) is 0 Å². The molecule has 0 spiro atoms. The largest absolute Gasteiger partial charge is 0.383 e. The lowest BCUT2D eigenvalue weighted by Crippen LogP contribution is -2.54. The van der Waals surface area contributed by atoms with Gasteiger partial charge in [-0.1, -0.05) is 13.0 Å². The van der Waals surface area contributed by atoms with Crippen molar-refractivity contribution in [3.63, 3.8) is 0 Å². The molecule has 0 aliphatic rings. The van der Waals surface area contributed by atoms with Crippen molar-refractivity contribution < 1.29 is 4.74 Å². The summed E-state index contributed by atoms with van der Waals surface area (Å²) in [4.78, 5) is 0. The minimum absolute atomic E-state index is 0.0578. The van der Waals surface area contributed by atoms with Crippen molar-refractivity contribution in [2.75, 3.05) is 26.8 Å². The first-order chi connectivity index (χ1) is 6.24. The topological polar surface area (TPSA) is 47.3 Å². The average Bonchev–Trinajstić information content (AvgIpc) is 2.17. The van der Waals surface area contributed by atoms with Crippen LogP contribution >= 0.6 is 0 Å². The molecule has 1 unspecified atom stereocenters. The molecule has 0 saturated heterocycles. The zero-order valence-electron chi connectivity index (χ0n) is 8.81. The summed E-state index contributed by atoms with van der Waals surface area (Å²) in [6, 6.07) is 0. The van der Waals surface area contributed by atoms with Crippen molar-refractivity contribution in [2.24, 2.45) is 5.73 Å². The first kappa shape index (κ1) is 12.6. The maximum absolute atomic E-state index is 5.72. The van der Waals surface area contributed by atoms with Crippen LogP contribution in [0.4, 0.5) is 0 Å². The number of nitrogens with one attached hydrogen (secondary N) is 1. The minimum Gasteiger partial charge on any atom is -0.383 e. The van der Waals surface area contributed by atoms with E-state index in [1.54, 1.807) is 7.11 Å². The Labute approximate surface area is 81.3 Å². The Bertz CT molecular complexity index is 133.